The summed E-state index contributed by atoms with van der Waals surface area (Å²) in [7, 11) is 0. The maximum absolute atomic E-state index is 14.2. The van der Waals surface area contributed by atoms with E-state index in [2.05, 4.69) is 26.8 Å². The zero-order valence-electron chi connectivity index (χ0n) is 18.0. The number of carbonyl (C=O) groups is 1. The van der Waals surface area contributed by atoms with Crippen LogP contribution in [0.1, 0.15) is 24.8 Å². The second-order valence-corrected chi connectivity index (χ2v) is 8.74. The maximum atomic E-state index is 14.2. The number of piperidine rings is 1. The second kappa shape index (κ2) is 10.3. The molecular weight excluding hydrogens is 462 g/mol. The number of halogens is 3. The number of aromatic nitrogens is 2. The Labute approximate surface area is 202 Å². The number of anilines is 3. The highest BCUT2D eigenvalue weighted by Gasteiger charge is 2.16. The number of benzene rings is 2. The molecule has 1 aromatic heterocycles. The third kappa shape index (κ3) is 5.70. The van der Waals surface area contributed by atoms with E-state index in [0.717, 1.165) is 37.3 Å². The Bertz CT molecular complexity index is 1200. The zero-order chi connectivity index (χ0) is 23.4. The fourth-order valence-electron chi connectivity index (χ4n) is 3.89. The minimum absolute atomic E-state index is 0.0477. The predicted octanol–water partition coefficient (Wildman–Crippen LogP) is 6.62. The molecule has 0 saturated carbocycles. The molecular formula is C25H23Cl2FN4O. The van der Waals surface area contributed by atoms with Crippen molar-refractivity contribution in [2.75, 3.05) is 23.3 Å². The van der Waals surface area contributed by atoms with Crippen LogP contribution in [0.15, 0.2) is 55.3 Å². The van der Waals surface area contributed by atoms with Crippen LogP contribution in [0.5, 0.6) is 0 Å². The third-order valence-electron chi connectivity index (χ3n) is 5.48. The summed E-state index contributed by atoms with van der Waals surface area (Å²) < 4.78 is 14.2. The first-order valence-corrected chi connectivity index (χ1v) is 11.5. The van der Waals surface area contributed by atoms with Gasteiger partial charge in [-0.25, -0.2) is 14.4 Å². The average molecular weight is 485 g/mol. The first-order chi connectivity index (χ1) is 15.9. The molecule has 0 amide bonds. The van der Waals surface area contributed by atoms with E-state index in [9.17, 15) is 9.18 Å². The van der Waals surface area contributed by atoms with Crippen LogP contribution in [0.4, 0.5) is 21.7 Å². The number of rotatable bonds is 7. The Kier molecular flexibility index (Phi) is 7.26. The topological polar surface area (TPSA) is 58.1 Å². The predicted molar refractivity (Wildman–Crippen MR) is 132 cm³/mol. The lowest BCUT2D eigenvalue weighted by molar-refractivity contribution is -0.114. The third-order valence-corrected chi connectivity index (χ3v) is 6.08. The van der Waals surface area contributed by atoms with Gasteiger partial charge in [-0.2, -0.15) is 0 Å². The highest BCUT2D eigenvalue weighted by Crippen LogP contribution is 2.33. The summed E-state index contributed by atoms with van der Waals surface area (Å²) in [5.41, 5.74) is 3.10. The number of carbonyl (C=O) groups excluding carboxylic acids is 1. The summed E-state index contributed by atoms with van der Waals surface area (Å²) in [6.45, 7) is 5.41. The van der Waals surface area contributed by atoms with Gasteiger partial charge in [-0.1, -0.05) is 29.8 Å². The molecule has 1 aliphatic heterocycles. The average Bonchev–Trinajstić information content (AvgIpc) is 2.81. The SMILES string of the molecule is C=CC(=O)Cc1cc(F)cc(-c2nc(Nc3ccc(Cl)c(N4CCCCC4)c3)ncc2Cl)c1. The molecule has 1 saturated heterocycles. The quantitative estimate of drug-likeness (QED) is 0.381. The van der Waals surface area contributed by atoms with Gasteiger partial charge in [0.2, 0.25) is 5.95 Å². The molecule has 0 radical (unpaired) electrons. The second-order valence-electron chi connectivity index (χ2n) is 7.92. The van der Waals surface area contributed by atoms with Crippen LogP contribution in [-0.2, 0) is 11.2 Å². The van der Waals surface area contributed by atoms with Crippen LogP contribution in [0, 0.1) is 5.82 Å². The van der Waals surface area contributed by atoms with Crippen LogP contribution in [0.25, 0.3) is 11.3 Å². The monoisotopic (exact) mass is 484 g/mol. The molecule has 0 aliphatic carbocycles. The summed E-state index contributed by atoms with van der Waals surface area (Å²) in [5, 5.41) is 4.16. The van der Waals surface area contributed by atoms with E-state index >= 15 is 0 Å². The van der Waals surface area contributed by atoms with Crippen LogP contribution in [-0.4, -0.2) is 28.8 Å². The molecule has 170 valence electrons. The Morgan fingerprint density at radius 2 is 1.91 bits per heavy atom. The van der Waals surface area contributed by atoms with Crippen molar-refractivity contribution in [3.63, 3.8) is 0 Å². The fourth-order valence-corrected chi connectivity index (χ4v) is 4.33. The molecule has 5 nitrogen and oxygen atoms in total. The Hall–Kier alpha value is -2.96. The summed E-state index contributed by atoms with van der Waals surface area (Å²) in [4.78, 5) is 22.8. The van der Waals surface area contributed by atoms with E-state index in [1.54, 1.807) is 6.07 Å². The lowest BCUT2D eigenvalue weighted by Gasteiger charge is -2.30. The van der Waals surface area contributed by atoms with Gasteiger partial charge >= 0.3 is 0 Å². The fraction of sp³-hybridized carbons (Fsp3) is 0.240. The molecule has 3 aromatic rings. The van der Waals surface area contributed by atoms with Crippen molar-refractivity contribution in [1.82, 2.24) is 9.97 Å². The van der Waals surface area contributed by atoms with Crippen LogP contribution >= 0.6 is 23.2 Å². The van der Waals surface area contributed by atoms with Gasteiger partial charge in [-0.05, 0) is 67.3 Å². The molecule has 2 heterocycles. The molecule has 2 aromatic carbocycles. The standard InChI is InChI=1S/C25H23Cl2FN4O/c1-2-20(33)12-16-10-17(13-18(28)11-16)24-22(27)15-29-25(31-24)30-19-6-7-21(26)23(14-19)32-8-4-3-5-9-32/h2,6-7,10-11,13-15H,1,3-5,8-9,12H2,(H,29,30,31). The van der Waals surface area contributed by atoms with Gasteiger partial charge < -0.3 is 10.2 Å². The Morgan fingerprint density at radius 3 is 2.67 bits per heavy atom. The normalized spacial score (nSPS) is 13.6. The van der Waals surface area contributed by atoms with Crippen molar-refractivity contribution in [1.29, 1.82) is 0 Å². The van der Waals surface area contributed by atoms with Gasteiger partial charge in [0.25, 0.3) is 0 Å². The van der Waals surface area contributed by atoms with E-state index in [0.29, 0.717) is 27.8 Å². The number of nitrogens with zero attached hydrogens (tertiary/aromatic N) is 3. The van der Waals surface area contributed by atoms with Crippen molar-refractivity contribution in [2.24, 2.45) is 0 Å². The van der Waals surface area contributed by atoms with E-state index < -0.39 is 5.82 Å². The van der Waals surface area contributed by atoms with Crippen molar-refractivity contribution in [2.45, 2.75) is 25.7 Å². The molecule has 1 fully saturated rings. The molecule has 1 aliphatic rings. The maximum Gasteiger partial charge on any atom is 0.227 e. The minimum Gasteiger partial charge on any atom is -0.370 e. The van der Waals surface area contributed by atoms with Crippen LogP contribution < -0.4 is 10.2 Å². The summed E-state index contributed by atoms with van der Waals surface area (Å²) in [6.07, 6.45) is 6.25. The van der Waals surface area contributed by atoms with Crippen molar-refractivity contribution >= 4 is 46.3 Å². The van der Waals surface area contributed by atoms with E-state index in [1.165, 1.54) is 30.8 Å². The van der Waals surface area contributed by atoms with Crippen LogP contribution in [0.2, 0.25) is 10.0 Å². The van der Waals surface area contributed by atoms with Gasteiger partial charge in [-0.3, -0.25) is 4.79 Å². The van der Waals surface area contributed by atoms with E-state index in [1.807, 2.05) is 18.2 Å². The lowest BCUT2D eigenvalue weighted by atomic mass is 10.0. The highest BCUT2D eigenvalue weighted by molar-refractivity contribution is 6.33. The first kappa shape index (κ1) is 23.2. The molecule has 0 bridgehead atoms. The molecule has 8 heteroatoms. The summed E-state index contributed by atoms with van der Waals surface area (Å²) in [5.74, 6) is -0.364. The molecule has 0 unspecified atom stereocenters. The first-order valence-electron chi connectivity index (χ1n) is 10.7. The van der Waals surface area contributed by atoms with Gasteiger partial charge in [-0.15, -0.1) is 0 Å². The smallest absolute Gasteiger partial charge is 0.227 e. The summed E-state index contributed by atoms with van der Waals surface area (Å²) >= 11 is 12.8. The van der Waals surface area contributed by atoms with Gasteiger partial charge in [0.1, 0.15) is 5.82 Å². The number of allylic oxidation sites excluding steroid dienone is 1. The van der Waals surface area contributed by atoms with Gasteiger partial charge in [0.15, 0.2) is 5.78 Å². The molecule has 4 rings (SSSR count). The summed E-state index contributed by atoms with van der Waals surface area (Å²) in [6, 6.07) is 10.0. The van der Waals surface area contributed by atoms with Crippen molar-refractivity contribution in [3.8, 4) is 11.3 Å². The number of hydrogen-bond donors (Lipinski definition) is 1. The van der Waals surface area contributed by atoms with Gasteiger partial charge in [0.05, 0.1) is 27.6 Å². The highest BCUT2D eigenvalue weighted by atomic mass is 35.5. The van der Waals surface area contributed by atoms with E-state index in [-0.39, 0.29) is 17.2 Å². The van der Waals surface area contributed by atoms with Gasteiger partial charge in [0, 0.05) is 30.8 Å². The number of ketones is 1. The Balaban J connectivity index is 1.62. The number of nitrogens with one attached hydrogen (secondary N) is 1. The zero-order valence-corrected chi connectivity index (χ0v) is 19.5. The molecule has 33 heavy (non-hydrogen) atoms. The van der Waals surface area contributed by atoms with Crippen molar-refractivity contribution < 1.29 is 9.18 Å². The molecule has 0 spiro atoms. The molecule has 0 atom stereocenters. The largest absolute Gasteiger partial charge is 0.370 e. The Morgan fingerprint density at radius 1 is 1.12 bits per heavy atom. The number of hydrogen-bond acceptors (Lipinski definition) is 5. The lowest BCUT2D eigenvalue weighted by Crippen LogP contribution is -2.29. The van der Waals surface area contributed by atoms with Crippen LogP contribution in [0.3, 0.4) is 0 Å². The van der Waals surface area contributed by atoms with E-state index in [4.69, 9.17) is 23.2 Å². The minimum atomic E-state index is -0.479. The van der Waals surface area contributed by atoms with Crippen molar-refractivity contribution in [3.05, 3.63) is 76.7 Å². The molecule has 1 N–H and O–H groups in total.